The Morgan fingerprint density at radius 3 is 1.10 bits per heavy atom. The fourth-order valence-electron chi connectivity index (χ4n) is 14.3. The highest BCUT2D eigenvalue weighted by Gasteiger charge is 2.73. The van der Waals surface area contributed by atoms with Crippen molar-refractivity contribution in [2.45, 2.75) is 241 Å². The number of halogens is 3. The number of esters is 3. The molecule has 0 bridgehead atoms. The zero-order valence-electron chi connectivity index (χ0n) is 72.0. The van der Waals surface area contributed by atoms with Crippen LogP contribution in [0.15, 0.2) is 149 Å². The molecule has 708 valence electrons. The molecule has 18 atom stereocenters. The number of hydrogen-bond donors (Lipinski definition) is 11. The van der Waals surface area contributed by atoms with Crippen LogP contribution in [0.25, 0.3) is 20.9 Å². The smallest absolute Gasteiger partial charge is 0.459 e. The number of carbonyl (C=O) groups is 3. The number of fused-ring (bicyclic) bond motifs is 1. The minimum absolute atomic E-state index is 0.0215. The zero-order valence-corrected chi connectivity index (χ0v) is 74.7. The first-order chi connectivity index (χ1) is 60.6. The first kappa shape index (κ1) is 103. The van der Waals surface area contributed by atoms with Crippen molar-refractivity contribution in [3.63, 3.8) is 0 Å². The summed E-state index contributed by atoms with van der Waals surface area (Å²) in [5.41, 5.74) is 7.02. The Morgan fingerprint density at radius 1 is 0.504 bits per heavy atom. The van der Waals surface area contributed by atoms with Gasteiger partial charge in [-0.2, -0.15) is 15.3 Å². The molecule has 3 unspecified atom stereocenters. The van der Waals surface area contributed by atoms with Gasteiger partial charge in [-0.25, -0.2) is 41.3 Å². The Morgan fingerprint density at radius 2 is 0.806 bits per heavy atom. The van der Waals surface area contributed by atoms with E-state index in [2.05, 4.69) is 40.3 Å². The van der Waals surface area contributed by atoms with Gasteiger partial charge >= 0.3 is 58.2 Å². The number of nitrogens with zero attached hydrogens (tertiary/aromatic N) is 9. The summed E-state index contributed by atoms with van der Waals surface area (Å²) in [5.74, 6) is -3.31. The maximum Gasteiger partial charge on any atom is 0.459 e. The fourth-order valence-corrected chi connectivity index (χ4v) is 18.9. The predicted molar refractivity (Wildman–Crippen MR) is 446 cm³/mol. The van der Waals surface area contributed by atoms with Crippen LogP contribution in [-0.2, 0) is 99.2 Å². The molecule has 1 saturated carbocycles. The number of aromatic nitrogens is 6. The predicted octanol–water partition coefficient (Wildman–Crippen LogP) is 6.47. The van der Waals surface area contributed by atoms with E-state index in [1.165, 1.54) is 75.5 Å². The van der Waals surface area contributed by atoms with Gasteiger partial charge in [0.1, 0.15) is 90.5 Å². The molecule has 129 heavy (non-hydrogen) atoms. The number of aromatic amines is 3. The summed E-state index contributed by atoms with van der Waals surface area (Å²) in [6.45, 7) is 11.1. The number of azide groups is 2. The van der Waals surface area contributed by atoms with E-state index in [1.54, 1.807) is 72.7 Å². The lowest BCUT2D eigenvalue weighted by atomic mass is 9.88. The molecular formula is C77H104F3N16O30P3. The van der Waals surface area contributed by atoms with Crippen molar-refractivity contribution in [1.82, 2.24) is 43.9 Å². The highest BCUT2D eigenvalue weighted by molar-refractivity contribution is 7.52. The summed E-state index contributed by atoms with van der Waals surface area (Å²) in [6, 6.07) is 17.4. The molecule has 7 heterocycles. The third-order valence-electron chi connectivity index (χ3n) is 20.6. The average molecular weight is 1880 g/mol. The van der Waals surface area contributed by atoms with Crippen LogP contribution in [0.4, 0.5) is 13.2 Å². The summed E-state index contributed by atoms with van der Waals surface area (Å²) in [5, 5.41) is 58.3. The number of ether oxygens (including phenoxy) is 8. The van der Waals surface area contributed by atoms with E-state index in [0.717, 1.165) is 76.5 Å². The van der Waals surface area contributed by atoms with E-state index in [0.29, 0.717) is 24.0 Å². The van der Waals surface area contributed by atoms with Gasteiger partial charge in [-0.15, -0.1) is 0 Å². The van der Waals surface area contributed by atoms with Crippen molar-refractivity contribution in [3.8, 4) is 17.2 Å². The van der Waals surface area contributed by atoms with Crippen LogP contribution in [0.3, 0.4) is 0 Å². The van der Waals surface area contributed by atoms with Gasteiger partial charge in [0.25, 0.3) is 16.7 Å². The molecular weight excluding hydrogens is 1780 g/mol. The molecule has 6 aromatic rings. The molecule has 1 aliphatic carbocycles. The zero-order chi connectivity index (χ0) is 95.2. The first-order valence-corrected chi connectivity index (χ1v) is 44.8. The van der Waals surface area contributed by atoms with Crippen LogP contribution < -0.4 is 68.3 Å². The summed E-state index contributed by atoms with van der Waals surface area (Å²) in [4.78, 5) is 121. The molecule has 3 aromatic heterocycles. The Balaban J connectivity index is 0.000000219. The number of nitrogens with one attached hydrogen (secondary N) is 6. The molecule has 3 aromatic carbocycles. The van der Waals surface area contributed by atoms with Crippen LogP contribution in [0.2, 0.25) is 0 Å². The van der Waals surface area contributed by atoms with Gasteiger partial charge in [0.15, 0.2) is 41.3 Å². The van der Waals surface area contributed by atoms with Crippen LogP contribution in [0.1, 0.15) is 144 Å². The number of H-pyrrole nitrogens is 3. The third-order valence-corrected chi connectivity index (χ3v) is 25.5. The third kappa shape index (κ3) is 24.6. The molecule has 5 fully saturated rings. The van der Waals surface area contributed by atoms with Crippen LogP contribution in [-0.4, -0.2) is 201 Å². The molecule has 5 aliphatic rings. The first-order valence-electron chi connectivity index (χ1n) is 40.2. The highest BCUT2D eigenvalue weighted by Crippen LogP contribution is 2.60. The lowest BCUT2D eigenvalue weighted by Gasteiger charge is -2.34. The van der Waals surface area contributed by atoms with Crippen molar-refractivity contribution in [1.29, 1.82) is 0 Å². The molecule has 4 aliphatic heterocycles. The van der Waals surface area contributed by atoms with Gasteiger partial charge in [0.05, 0.1) is 51.2 Å². The summed E-state index contributed by atoms with van der Waals surface area (Å²) in [6.07, 6.45) is -5.50. The van der Waals surface area contributed by atoms with Gasteiger partial charge in [-0.3, -0.25) is 71.0 Å². The van der Waals surface area contributed by atoms with Crippen LogP contribution >= 0.6 is 23.2 Å². The summed E-state index contributed by atoms with van der Waals surface area (Å²) in [7, 11) is -13.7. The number of rotatable bonds is 38. The van der Waals surface area contributed by atoms with Crippen molar-refractivity contribution in [2.24, 2.45) is 16.0 Å². The fraction of sp³-hybridized carbons (Fsp3) is 0.571. The van der Waals surface area contributed by atoms with Gasteiger partial charge in [-0.05, 0) is 160 Å². The Kier molecular flexibility index (Phi) is 33.8. The molecule has 12 N–H and O–H groups in total. The monoisotopic (exact) mass is 1880 g/mol. The Hall–Kier alpha value is -10.0. The van der Waals surface area contributed by atoms with Gasteiger partial charge in [0, 0.05) is 66.0 Å². The van der Waals surface area contributed by atoms with E-state index in [4.69, 9.17) is 81.8 Å². The lowest BCUT2D eigenvalue weighted by molar-refractivity contribution is -0.252. The Bertz CT molecular complexity index is 5560. The second-order valence-electron chi connectivity index (χ2n) is 32.2. The maximum atomic E-state index is 15.4. The largest absolute Gasteiger partial charge is 0.462 e. The number of carbonyl (C=O) groups excluding carboxylic acids is 3. The van der Waals surface area contributed by atoms with Crippen molar-refractivity contribution in [3.05, 3.63) is 210 Å². The second-order valence-corrected chi connectivity index (χ2v) is 37.3. The minimum Gasteiger partial charge on any atom is -0.462 e. The molecule has 11 rings (SSSR count). The summed E-state index contributed by atoms with van der Waals surface area (Å²) < 4.78 is 169. The van der Waals surface area contributed by atoms with E-state index in [-0.39, 0.29) is 36.9 Å². The quantitative estimate of drug-likeness (QED) is 0.00494. The van der Waals surface area contributed by atoms with Gasteiger partial charge < -0.3 is 77.6 Å². The van der Waals surface area contributed by atoms with E-state index in [9.17, 15) is 86.1 Å². The number of benzene rings is 3. The number of aliphatic hydroxyl groups is 4. The van der Waals surface area contributed by atoms with Gasteiger partial charge in [-0.1, -0.05) is 46.6 Å². The normalized spacial score (nSPS) is 26.9. The minimum atomic E-state index is -4.60. The van der Waals surface area contributed by atoms with Crippen molar-refractivity contribution >= 4 is 41.1 Å². The lowest BCUT2D eigenvalue weighted by Crippen LogP contribution is -2.53. The molecule has 1 spiro atoms. The molecule has 46 nitrogen and oxygen atoms in total. The number of alkyl halides is 3. The topological polar surface area (TPSA) is 637 Å². The standard InChI is InChI=1S/C29H38FN6O10P.C24H32FN6O10P.C24H34FN4O10P/c1-18(2)42-23(38)19(3)34-47(40,45-21-9-7-20(8-10-21)15-32-35-31)41-17-28(16-30)24-27(4,46-29(43-24)12-5-6-13-29)25(44-28)36-14-11-22(37)33-26(36)39;1-14(2)39-19(33)15(3)29-42(37,41-17-7-5-16(6-8-17)11-27-30-26)38-13-24(12-25)20(34)23(4,36)21(40-24)31-10-9-18(32)28-22(31)35;1-14(2)37-19(31)15(3)28-40(35,39-17-7-5-16(11-26)6-8-17)36-13-24(12-25)20(32)23(4,34)21(38-24)29-10-9-18(30)27-22(29)33/h7-11,14,18-19,24-25H,5-6,12-13,15-17H2,1-4H3,(H,34,40)(H,33,37,39);5-10,14-15,20-21,34,36H,11-13H2,1-4H3,(H,29,37)(H,28,32,35);5-10,14-15,20-21,32,34H,11-13,26H2,1-4H3,(H,28,35)(H,27,30,33)/t19-,24-,25+,27+,28+,47?;15-,20-,21+,23+,24+,42?;15-,20-,21+,23+,24+,40?/m000/s1. The second kappa shape index (κ2) is 42.5. The highest BCUT2D eigenvalue weighted by atomic mass is 31.2. The Labute approximate surface area is 732 Å². The SMILES string of the molecule is CC(C)OC(=O)[C@H](C)NP(=O)(OC[C@@]1(CF)O[C@@H](n2ccc(=O)[nH]c2=O)[C@](C)(O)[C@@H]1O)Oc1ccc(CN)cc1.CC(C)OC(=O)[C@H](C)NP(=O)(OC[C@@]1(CF)O[C@@H](n2ccc(=O)[nH]c2=O)[C@](C)(O)[C@@H]1O)Oc1ccc(CN=[N+]=[N-])cc1.CC(C)OC(=O)[C@H](C)NP(=O)(OC[C@@]1(CF)O[C@@H](n2ccc(=O)[nH]c2=O)[C@]2(C)OC3(CCCC3)O[C@H]12)Oc1ccc(CN=[N+]=[N-])cc1. The van der Waals surface area contributed by atoms with E-state index in [1.807, 2.05) is 9.97 Å². The van der Waals surface area contributed by atoms with E-state index >= 15 is 4.39 Å². The molecule has 0 amide bonds. The molecule has 4 saturated heterocycles. The average Bonchev–Trinajstić information content (AvgIpc) is 1.53. The molecule has 0 radical (unpaired) electrons. The van der Waals surface area contributed by atoms with Crippen molar-refractivity contribution < 1.29 is 127 Å². The van der Waals surface area contributed by atoms with Crippen molar-refractivity contribution in [2.75, 3.05) is 39.8 Å². The molecule has 52 heteroatoms. The number of nitrogens with two attached hydrogens (primary N) is 1. The maximum absolute atomic E-state index is 15.4. The van der Waals surface area contributed by atoms with Gasteiger partial charge in [0.2, 0.25) is 0 Å². The summed E-state index contributed by atoms with van der Waals surface area (Å²) >= 11 is 0. The number of aliphatic hydroxyl groups excluding tert-OH is 2. The van der Waals surface area contributed by atoms with Crippen LogP contribution in [0, 0.1) is 0 Å². The number of hydrogen-bond acceptors (Lipinski definition) is 33. The van der Waals surface area contributed by atoms with E-state index < -0.39 is 228 Å². The van der Waals surface area contributed by atoms with Crippen LogP contribution in [0.5, 0.6) is 17.2 Å².